The summed E-state index contributed by atoms with van der Waals surface area (Å²) in [4.78, 5) is 52.7. The van der Waals surface area contributed by atoms with Crippen LogP contribution in [0.5, 0.6) is 0 Å². The zero-order valence-corrected chi connectivity index (χ0v) is 18.7. The number of nitrogens with zero attached hydrogens (tertiary/aromatic N) is 5. The number of anilines is 1. The summed E-state index contributed by atoms with van der Waals surface area (Å²) in [5, 5.41) is 0.439. The number of benzene rings is 1. The van der Waals surface area contributed by atoms with E-state index in [1.54, 1.807) is 24.3 Å². The maximum Gasteiger partial charge on any atom is 0.328 e. The van der Waals surface area contributed by atoms with Gasteiger partial charge < -0.3 is 9.80 Å². The number of amides is 1. The van der Waals surface area contributed by atoms with E-state index in [9.17, 15) is 14.4 Å². The van der Waals surface area contributed by atoms with Crippen molar-refractivity contribution in [3.63, 3.8) is 0 Å². The van der Waals surface area contributed by atoms with Gasteiger partial charge in [-0.05, 0) is 19.1 Å². The molecule has 9 heteroatoms. The molecular weight excluding hydrogens is 408 g/mol. The maximum atomic E-state index is 12.8. The van der Waals surface area contributed by atoms with Crippen LogP contribution in [0.4, 0.5) is 5.82 Å². The van der Waals surface area contributed by atoms with Crippen LogP contribution in [0.1, 0.15) is 37.7 Å². The Morgan fingerprint density at radius 1 is 1.09 bits per heavy atom. The first-order chi connectivity index (χ1) is 15.3. The highest BCUT2D eigenvalue weighted by atomic mass is 16.2. The zero-order valence-electron chi connectivity index (χ0n) is 18.7. The van der Waals surface area contributed by atoms with Gasteiger partial charge in [0.25, 0.3) is 5.56 Å². The van der Waals surface area contributed by atoms with Crippen molar-refractivity contribution in [2.75, 3.05) is 31.1 Å². The predicted octanol–water partition coefficient (Wildman–Crippen LogP) is 1.65. The van der Waals surface area contributed by atoms with E-state index in [0.717, 1.165) is 17.3 Å². The molecule has 168 valence electrons. The molecule has 0 aliphatic carbocycles. The summed E-state index contributed by atoms with van der Waals surface area (Å²) in [6.07, 6.45) is 0.195. The molecule has 0 radical (unpaired) electrons. The van der Waals surface area contributed by atoms with Crippen molar-refractivity contribution in [2.24, 2.45) is 0 Å². The number of nitrogens with one attached hydrogen (secondary N) is 1. The smallest absolute Gasteiger partial charge is 0.328 e. The third-order valence-corrected chi connectivity index (χ3v) is 5.79. The van der Waals surface area contributed by atoms with Gasteiger partial charge in [-0.3, -0.25) is 19.1 Å². The predicted molar refractivity (Wildman–Crippen MR) is 123 cm³/mol. The first-order valence-electron chi connectivity index (χ1n) is 10.9. The van der Waals surface area contributed by atoms with Crippen LogP contribution in [0.15, 0.2) is 39.9 Å². The highest BCUT2D eigenvalue weighted by molar-refractivity contribution is 5.79. The molecule has 1 aliphatic heterocycles. The molecule has 9 nitrogen and oxygen atoms in total. The number of piperazine rings is 1. The van der Waals surface area contributed by atoms with Crippen molar-refractivity contribution in [3.8, 4) is 0 Å². The average molecular weight is 437 g/mol. The zero-order chi connectivity index (χ0) is 22.8. The van der Waals surface area contributed by atoms with Crippen LogP contribution in [-0.4, -0.2) is 56.5 Å². The summed E-state index contributed by atoms with van der Waals surface area (Å²) in [5.74, 6) is 1.98. The number of aromatic nitrogens is 4. The average Bonchev–Trinajstić information content (AvgIpc) is 2.78. The van der Waals surface area contributed by atoms with Crippen LogP contribution < -0.4 is 16.1 Å². The Morgan fingerprint density at radius 3 is 2.53 bits per heavy atom. The maximum absolute atomic E-state index is 12.8. The summed E-state index contributed by atoms with van der Waals surface area (Å²) in [6, 6.07) is 8.91. The van der Waals surface area contributed by atoms with Crippen molar-refractivity contribution in [1.82, 2.24) is 24.4 Å². The molecule has 0 atom stereocenters. The van der Waals surface area contributed by atoms with Crippen LogP contribution in [0.2, 0.25) is 0 Å². The van der Waals surface area contributed by atoms with Gasteiger partial charge in [0.1, 0.15) is 11.6 Å². The number of hydrogen-bond donors (Lipinski definition) is 1. The van der Waals surface area contributed by atoms with E-state index in [2.05, 4.69) is 28.7 Å². The molecule has 3 heterocycles. The highest BCUT2D eigenvalue weighted by Gasteiger charge is 2.23. The monoisotopic (exact) mass is 436 g/mol. The standard InChI is InChI=1S/C23H28N6O3/c1-15(2)21-24-16(3)14-19(25-21)27-10-12-28(13-11-27)20(30)8-9-29-18-7-5-4-6-17(18)22(31)26-23(29)32/h4-7,14-15H,8-13H2,1-3H3,(H,26,31,32). The number of carbonyl (C=O) groups is 1. The summed E-state index contributed by atoms with van der Waals surface area (Å²) < 4.78 is 1.46. The number of carbonyl (C=O) groups excluding carboxylic acids is 1. The van der Waals surface area contributed by atoms with Gasteiger partial charge in [0.05, 0.1) is 10.9 Å². The number of H-pyrrole nitrogens is 1. The molecule has 1 saturated heterocycles. The van der Waals surface area contributed by atoms with Gasteiger partial charge >= 0.3 is 5.69 Å². The molecule has 32 heavy (non-hydrogen) atoms. The van der Waals surface area contributed by atoms with E-state index in [4.69, 9.17) is 4.98 Å². The van der Waals surface area contributed by atoms with Crippen LogP contribution in [-0.2, 0) is 11.3 Å². The molecule has 1 N–H and O–H groups in total. The lowest BCUT2D eigenvalue weighted by molar-refractivity contribution is -0.131. The van der Waals surface area contributed by atoms with E-state index in [0.29, 0.717) is 37.1 Å². The molecule has 0 bridgehead atoms. The fraction of sp³-hybridized carbons (Fsp3) is 0.435. The third kappa shape index (κ3) is 4.42. The van der Waals surface area contributed by atoms with Gasteiger partial charge in [0.2, 0.25) is 5.91 Å². The molecule has 0 spiro atoms. The van der Waals surface area contributed by atoms with Gasteiger partial charge in [0.15, 0.2) is 0 Å². The SMILES string of the molecule is Cc1cc(N2CCN(C(=O)CCn3c(=O)[nH]c(=O)c4ccccc43)CC2)nc(C(C)C)n1. The summed E-state index contributed by atoms with van der Waals surface area (Å²) >= 11 is 0. The second-order valence-electron chi connectivity index (χ2n) is 8.43. The number of fused-ring (bicyclic) bond motifs is 1. The topological polar surface area (TPSA) is 104 Å². The molecule has 2 aromatic heterocycles. The normalized spacial score (nSPS) is 14.4. The van der Waals surface area contributed by atoms with Crippen LogP contribution >= 0.6 is 0 Å². The minimum absolute atomic E-state index is 0.00595. The molecule has 3 aromatic rings. The first-order valence-corrected chi connectivity index (χ1v) is 10.9. The van der Waals surface area contributed by atoms with Crippen LogP contribution in [0, 0.1) is 6.92 Å². The van der Waals surface area contributed by atoms with Crippen molar-refractivity contribution in [1.29, 1.82) is 0 Å². The van der Waals surface area contributed by atoms with Gasteiger partial charge in [0, 0.05) is 56.8 Å². The lowest BCUT2D eigenvalue weighted by Gasteiger charge is -2.35. The Hall–Kier alpha value is -3.49. The molecule has 4 rings (SSSR count). The van der Waals surface area contributed by atoms with Gasteiger partial charge in [-0.25, -0.2) is 14.8 Å². The first kappa shape index (κ1) is 21.7. The van der Waals surface area contributed by atoms with E-state index in [1.165, 1.54) is 4.57 Å². The molecule has 1 amide bonds. The second-order valence-corrected chi connectivity index (χ2v) is 8.43. The number of hydrogen-bond acceptors (Lipinski definition) is 6. The van der Waals surface area contributed by atoms with Crippen LogP contribution in [0.3, 0.4) is 0 Å². The number of aromatic amines is 1. The summed E-state index contributed by atoms with van der Waals surface area (Å²) in [6.45, 7) is 8.93. The van der Waals surface area contributed by atoms with Crippen molar-refractivity contribution in [2.45, 2.75) is 39.7 Å². The molecule has 0 unspecified atom stereocenters. The minimum atomic E-state index is -0.494. The molecular formula is C23H28N6O3. The number of aryl methyl sites for hydroxylation is 2. The summed E-state index contributed by atoms with van der Waals surface area (Å²) in [7, 11) is 0. The second kappa shape index (κ2) is 8.94. The Labute approximate surface area is 185 Å². The Morgan fingerprint density at radius 2 is 1.81 bits per heavy atom. The fourth-order valence-electron chi connectivity index (χ4n) is 4.01. The lowest BCUT2D eigenvalue weighted by Crippen LogP contribution is -2.49. The van der Waals surface area contributed by atoms with E-state index in [-0.39, 0.29) is 24.8 Å². The molecule has 1 fully saturated rings. The Balaban J connectivity index is 1.41. The van der Waals surface area contributed by atoms with E-state index < -0.39 is 11.2 Å². The molecule has 0 saturated carbocycles. The quantitative estimate of drug-likeness (QED) is 0.652. The van der Waals surface area contributed by atoms with Crippen molar-refractivity contribution < 1.29 is 4.79 Å². The van der Waals surface area contributed by atoms with Crippen molar-refractivity contribution >= 4 is 22.6 Å². The summed E-state index contributed by atoms with van der Waals surface area (Å²) in [5.41, 5.74) is 0.575. The third-order valence-electron chi connectivity index (χ3n) is 5.79. The van der Waals surface area contributed by atoms with E-state index >= 15 is 0 Å². The lowest BCUT2D eigenvalue weighted by atomic mass is 10.2. The Kier molecular flexibility index (Phi) is 6.07. The van der Waals surface area contributed by atoms with Gasteiger partial charge in [-0.2, -0.15) is 0 Å². The fourth-order valence-corrected chi connectivity index (χ4v) is 4.01. The highest BCUT2D eigenvalue weighted by Crippen LogP contribution is 2.19. The van der Waals surface area contributed by atoms with Crippen molar-refractivity contribution in [3.05, 3.63) is 62.7 Å². The Bertz CT molecular complexity index is 1250. The molecule has 1 aromatic carbocycles. The van der Waals surface area contributed by atoms with E-state index in [1.807, 2.05) is 17.9 Å². The van der Waals surface area contributed by atoms with Crippen LogP contribution in [0.25, 0.3) is 10.9 Å². The van der Waals surface area contributed by atoms with Gasteiger partial charge in [-0.1, -0.05) is 26.0 Å². The minimum Gasteiger partial charge on any atom is -0.353 e. The number of para-hydroxylation sites is 1. The van der Waals surface area contributed by atoms with Gasteiger partial charge in [-0.15, -0.1) is 0 Å². The largest absolute Gasteiger partial charge is 0.353 e. The number of rotatable bonds is 5. The molecule has 1 aliphatic rings.